The first-order valence-electron chi connectivity index (χ1n) is 6.90. The van der Waals surface area contributed by atoms with Crippen LogP contribution in [-0.2, 0) is 6.54 Å². The molecule has 2 nitrogen and oxygen atoms in total. The smallest absolute Gasteiger partial charge is 0.0437 e. The van der Waals surface area contributed by atoms with Gasteiger partial charge in [-0.05, 0) is 35.6 Å². The van der Waals surface area contributed by atoms with Gasteiger partial charge in [0.1, 0.15) is 0 Å². The van der Waals surface area contributed by atoms with E-state index in [4.69, 9.17) is 0 Å². The lowest BCUT2D eigenvalue weighted by Gasteiger charge is -2.17. The molecule has 0 saturated heterocycles. The number of rotatable bonds is 7. The lowest BCUT2D eigenvalue weighted by Crippen LogP contribution is -2.22. The Morgan fingerprint density at radius 3 is 2.55 bits per heavy atom. The van der Waals surface area contributed by atoms with Crippen LogP contribution in [-0.4, -0.2) is 18.3 Å². The van der Waals surface area contributed by atoms with E-state index >= 15 is 0 Å². The lowest BCUT2D eigenvalue weighted by molar-refractivity contribution is 0.273. The van der Waals surface area contributed by atoms with Crippen LogP contribution in [0, 0.1) is 0 Å². The zero-order chi connectivity index (χ0) is 14.2. The predicted molar refractivity (Wildman–Crippen MR) is 86.7 cm³/mol. The zero-order valence-electron chi connectivity index (χ0n) is 11.4. The van der Waals surface area contributed by atoms with E-state index in [1.165, 1.54) is 11.1 Å². The van der Waals surface area contributed by atoms with Gasteiger partial charge in [0.05, 0.1) is 0 Å². The molecule has 0 saturated carbocycles. The van der Waals surface area contributed by atoms with Crippen LogP contribution < -0.4 is 5.32 Å². The fourth-order valence-corrected chi connectivity index (χ4v) is 2.75. The minimum atomic E-state index is 0.220. The molecule has 0 aromatic heterocycles. The van der Waals surface area contributed by atoms with Crippen molar-refractivity contribution < 1.29 is 5.11 Å². The van der Waals surface area contributed by atoms with Crippen LogP contribution in [0.1, 0.15) is 23.5 Å². The Morgan fingerprint density at radius 1 is 1.05 bits per heavy atom. The van der Waals surface area contributed by atoms with E-state index in [1.54, 1.807) is 0 Å². The van der Waals surface area contributed by atoms with E-state index < -0.39 is 0 Å². The average molecular weight is 334 g/mol. The molecule has 0 amide bonds. The summed E-state index contributed by atoms with van der Waals surface area (Å²) in [5, 5.41) is 12.7. The Labute approximate surface area is 129 Å². The topological polar surface area (TPSA) is 32.3 Å². The Kier molecular flexibility index (Phi) is 6.25. The molecule has 0 bridgehead atoms. The third-order valence-corrected chi connectivity index (χ3v) is 3.85. The highest BCUT2D eigenvalue weighted by atomic mass is 79.9. The maximum Gasteiger partial charge on any atom is 0.0437 e. The molecule has 2 N–H and O–H groups in total. The summed E-state index contributed by atoms with van der Waals surface area (Å²) in [6.07, 6.45) is 0.787. The van der Waals surface area contributed by atoms with Crippen molar-refractivity contribution in [2.75, 3.05) is 13.2 Å². The largest absolute Gasteiger partial charge is 0.396 e. The van der Waals surface area contributed by atoms with Gasteiger partial charge in [-0.2, -0.15) is 0 Å². The van der Waals surface area contributed by atoms with Crippen molar-refractivity contribution in [2.24, 2.45) is 0 Å². The second kappa shape index (κ2) is 8.20. The lowest BCUT2D eigenvalue weighted by atomic mass is 9.96. The first-order valence-corrected chi connectivity index (χ1v) is 7.70. The molecule has 0 aliphatic carbocycles. The number of aliphatic hydroxyl groups is 1. The van der Waals surface area contributed by atoms with E-state index in [2.05, 4.69) is 45.5 Å². The summed E-state index contributed by atoms with van der Waals surface area (Å²) >= 11 is 3.48. The molecule has 106 valence electrons. The van der Waals surface area contributed by atoms with Crippen molar-refractivity contribution in [1.82, 2.24) is 5.32 Å². The average Bonchev–Trinajstić information content (AvgIpc) is 2.47. The summed E-state index contributed by atoms with van der Waals surface area (Å²) < 4.78 is 1.10. The van der Waals surface area contributed by atoms with Crippen molar-refractivity contribution >= 4 is 15.9 Å². The van der Waals surface area contributed by atoms with Gasteiger partial charge in [-0.15, -0.1) is 0 Å². The maximum atomic E-state index is 9.22. The van der Waals surface area contributed by atoms with Crippen molar-refractivity contribution in [3.05, 3.63) is 70.2 Å². The predicted octanol–water partition coefficient (Wildman–Crippen LogP) is 3.70. The molecule has 20 heavy (non-hydrogen) atoms. The van der Waals surface area contributed by atoms with Crippen LogP contribution in [0.4, 0.5) is 0 Å². The Balaban J connectivity index is 1.90. The second-order valence-electron chi connectivity index (χ2n) is 4.88. The molecular weight excluding hydrogens is 314 g/mol. The van der Waals surface area contributed by atoms with Gasteiger partial charge in [0.15, 0.2) is 0 Å². The van der Waals surface area contributed by atoms with Crippen molar-refractivity contribution in [3.8, 4) is 0 Å². The number of halogens is 1. The van der Waals surface area contributed by atoms with E-state index in [1.807, 2.05) is 30.3 Å². The summed E-state index contributed by atoms with van der Waals surface area (Å²) in [6, 6.07) is 18.7. The van der Waals surface area contributed by atoms with Crippen LogP contribution in [0.25, 0.3) is 0 Å². The van der Waals surface area contributed by atoms with Gasteiger partial charge in [0.2, 0.25) is 0 Å². The molecule has 2 rings (SSSR count). The Hall–Kier alpha value is -1.16. The second-order valence-corrected chi connectivity index (χ2v) is 5.80. The fourth-order valence-electron chi connectivity index (χ4n) is 2.31. The SMILES string of the molecule is OCCC(CNCc1cccc(Br)c1)c1ccccc1. The van der Waals surface area contributed by atoms with Gasteiger partial charge in [-0.1, -0.05) is 58.4 Å². The van der Waals surface area contributed by atoms with Gasteiger partial charge in [-0.3, -0.25) is 0 Å². The summed E-state index contributed by atoms with van der Waals surface area (Å²) in [4.78, 5) is 0. The minimum absolute atomic E-state index is 0.220. The first-order chi connectivity index (χ1) is 9.79. The molecule has 0 aliphatic rings. The summed E-state index contributed by atoms with van der Waals surface area (Å²) in [6.45, 7) is 1.93. The molecule has 0 spiro atoms. The molecule has 1 atom stereocenters. The van der Waals surface area contributed by atoms with Crippen LogP contribution in [0.3, 0.4) is 0 Å². The summed E-state index contributed by atoms with van der Waals surface area (Å²) in [5.41, 5.74) is 2.54. The van der Waals surface area contributed by atoms with Gasteiger partial charge in [-0.25, -0.2) is 0 Å². The first kappa shape index (κ1) is 15.2. The van der Waals surface area contributed by atoms with Crippen LogP contribution in [0.15, 0.2) is 59.1 Å². The Bertz CT molecular complexity index is 515. The number of hydrogen-bond acceptors (Lipinski definition) is 2. The molecule has 0 aliphatic heterocycles. The van der Waals surface area contributed by atoms with Crippen molar-refractivity contribution in [2.45, 2.75) is 18.9 Å². The van der Waals surface area contributed by atoms with Crippen molar-refractivity contribution in [1.29, 1.82) is 0 Å². The molecular formula is C17H20BrNO. The molecule has 1 unspecified atom stereocenters. The third-order valence-electron chi connectivity index (χ3n) is 3.36. The quantitative estimate of drug-likeness (QED) is 0.809. The zero-order valence-corrected chi connectivity index (χ0v) is 13.0. The molecule has 0 radical (unpaired) electrons. The van der Waals surface area contributed by atoms with Crippen LogP contribution in [0.5, 0.6) is 0 Å². The molecule has 0 fully saturated rings. The molecule has 2 aromatic rings. The highest BCUT2D eigenvalue weighted by Gasteiger charge is 2.10. The normalized spacial score (nSPS) is 12.3. The van der Waals surface area contributed by atoms with E-state index in [-0.39, 0.29) is 6.61 Å². The fraction of sp³-hybridized carbons (Fsp3) is 0.294. The van der Waals surface area contributed by atoms with E-state index in [0.29, 0.717) is 5.92 Å². The Morgan fingerprint density at radius 2 is 1.85 bits per heavy atom. The van der Waals surface area contributed by atoms with Gasteiger partial charge >= 0.3 is 0 Å². The number of aliphatic hydroxyl groups excluding tert-OH is 1. The van der Waals surface area contributed by atoms with Gasteiger partial charge in [0.25, 0.3) is 0 Å². The highest BCUT2D eigenvalue weighted by molar-refractivity contribution is 9.10. The summed E-state index contributed by atoms with van der Waals surface area (Å²) in [7, 11) is 0. The standard InChI is InChI=1S/C17H20BrNO/c18-17-8-4-5-14(11-17)12-19-13-16(9-10-20)15-6-2-1-3-7-15/h1-8,11,16,19-20H,9-10,12-13H2. The van der Waals surface area contributed by atoms with E-state index in [9.17, 15) is 5.11 Å². The third kappa shape index (κ3) is 4.75. The van der Waals surface area contributed by atoms with Crippen LogP contribution >= 0.6 is 15.9 Å². The van der Waals surface area contributed by atoms with Gasteiger partial charge in [0, 0.05) is 24.2 Å². The monoisotopic (exact) mass is 333 g/mol. The number of nitrogens with one attached hydrogen (secondary N) is 1. The van der Waals surface area contributed by atoms with Gasteiger partial charge < -0.3 is 10.4 Å². The summed E-state index contributed by atoms with van der Waals surface area (Å²) in [5.74, 6) is 0.355. The minimum Gasteiger partial charge on any atom is -0.396 e. The number of benzene rings is 2. The van der Waals surface area contributed by atoms with Crippen molar-refractivity contribution in [3.63, 3.8) is 0 Å². The molecule has 0 heterocycles. The molecule has 3 heteroatoms. The highest BCUT2D eigenvalue weighted by Crippen LogP contribution is 2.18. The number of hydrogen-bond donors (Lipinski definition) is 2. The molecule has 2 aromatic carbocycles. The maximum absolute atomic E-state index is 9.22. The van der Waals surface area contributed by atoms with Crippen LogP contribution in [0.2, 0.25) is 0 Å². The van der Waals surface area contributed by atoms with E-state index in [0.717, 1.165) is 24.0 Å².